The lowest BCUT2D eigenvalue weighted by Crippen LogP contribution is -2.30. The van der Waals surface area contributed by atoms with E-state index in [-0.39, 0.29) is 41.4 Å². The highest BCUT2D eigenvalue weighted by atomic mass is 35.5. The molecule has 8 N–H and O–H groups in total. The Balaban J connectivity index is 0.000000172. The molecule has 4 aromatic heterocycles. The summed E-state index contributed by atoms with van der Waals surface area (Å²) >= 11 is 35.8. The first-order chi connectivity index (χ1) is 54.2. The van der Waals surface area contributed by atoms with E-state index in [0.29, 0.717) is 99.4 Å². The predicted octanol–water partition coefficient (Wildman–Crippen LogP) is 17.7. The Morgan fingerprint density at radius 3 is 1.23 bits per heavy atom. The Kier molecular flexibility index (Phi) is 31.6. The number of carbonyl (C=O) groups is 5. The van der Waals surface area contributed by atoms with Crippen LogP contribution in [-0.2, 0) is 11.2 Å². The summed E-state index contributed by atoms with van der Waals surface area (Å²) in [6.07, 6.45) is 9.77. The third-order valence-corrected chi connectivity index (χ3v) is 17.8. The van der Waals surface area contributed by atoms with Gasteiger partial charge in [0.2, 0.25) is 5.91 Å². The Labute approximate surface area is 674 Å². The van der Waals surface area contributed by atoms with Gasteiger partial charge in [0.05, 0.1) is 91.2 Å². The number of aliphatic imine (C=N–C) groups is 2. The fraction of sp³-hybridized carbons (Fsp3) is 0.0941. The molecule has 5 amide bonds. The molecule has 112 heavy (non-hydrogen) atoms. The van der Waals surface area contributed by atoms with E-state index in [1.807, 2.05) is 78.9 Å². The Morgan fingerprint density at radius 2 is 0.848 bits per heavy atom. The third kappa shape index (κ3) is 25.0. The minimum atomic E-state index is -0.718. The zero-order chi connectivity index (χ0) is 79.9. The highest BCUT2D eigenvalue weighted by Crippen LogP contribution is 2.30. The smallest absolute Gasteiger partial charge is 0.252 e. The maximum absolute atomic E-state index is 13.8. The molecular formula is C85H67Cl6FN14O6. The van der Waals surface area contributed by atoms with Crippen LogP contribution in [0.2, 0.25) is 30.1 Å². The zero-order valence-corrected chi connectivity index (χ0v) is 63.8. The molecule has 20 nitrogen and oxygen atoms in total. The van der Waals surface area contributed by atoms with Crippen molar-refractivity contribution in [2.75, 3.05) is 11.9 Å². The van der Waals surface area contributed by atoms with Crippen molar-refractivity contribution in [2.24, 2.45) is 15.7 Å². The number of hydrogen-bond acceptors (Lipinski definition) is 13. The van der Waals surface area contributed by atoms with Crippen LogP contribution in [0.3, 0.4) is 0 Å². The number of aliphatic hydroxyl groups is 1. The summed E-state index contributed by atoms with van der Waals surface area (Å²) in [5.41, 5.74) is 15.1. The lowest BCUT2D eigenvalue weighted by Gasteiger charge is -2.19. The third-order valence-electron chi connectivity index (χ3n) is 16.4. The van der Waals surface area contributed by atoms with Gasteiger partial charge in [-0.3, -0.25) is 43.9 Å². The summed E-state index contributed by atoms with van der Waals surface area (Å²) in [7, 11) is 0. The summed E-state index contributed by atoms with van der Waals surface area (Å²) in [6.45, 7) is 1.44. The van der Waals surface area contributed by atoms with Crippen LogP contribution in [0.25, 0.3) is 0 Å². The number of nitrogens with one attached hydrogen (secondary N) is 5. The van der Waals surface area contributed by atoms with Crippen molar-refractivity contribution in [1.82, 2.24) is 41.2 Å². The van der Waals surface area contributed by atoms with Crippen molar-refractivity contribution in [3.05, 3.63) is 387 Å². The number of carbonyl (C=O) groups excluding carboxylic acids is 5. The molecule has 4 heterocycles. The quantitative estimate of drug-likeness (QED) is 0.0245. The number of hydrogen-bond donors (Lipinski definition) is 7. The van der Waals surface area contributed by atoms with Crippen LogP contribution in [0.5, 0.6) is 0 Å². The fourth-order valence-corrected chi connectivity index (χ4v) is 11.5. The number of rotatable bonds is 22. The van der Waals surface area contributed by atoms with Gasteiger partial charge in [-0.25, -0.2) is 14.4 Å². The number of halogens is 7. The zero-order valence-electron chi connectivity index (χ0n) is 59.3. The molecule has 0 spiro atoms. The maximum Gasteiger partial charge on any atom is 0.252 e. The minimum Gasteiger partial charge on any atom is -0.396 e. The Morgan fingerprint density at radius 1 is 0.464 bits per heavy atom. The van der Waals surface area contributed by atoms with Crippen LogP contribution < -0.4 is 32.3 Å². The van der Waals surface area contributed by atoms with E-state index in [4.69, 9.17) is 85.7 Å². The van der Waals surface area contributed by atoms with Crippen LogP contribution in [0.1, 0.15) is 141 Å². The van der Waals surface area contributed by atoms with E-state index < -0.39 is 35.9 Å². The molecule has 0 fully saturated rings. The first-order valence-corrected chi connectivity index (χ1v) is 36.3. The molecule has 0 aliphatic carbocycles. The summed E-state index contributed by atoms with van der Waals surface area (Å²) in [5, 5.41) is 45.1. The molecule has 4 atom stereocenters. The minimum absolute atomic E-state index is 0.0160. The molecule has 12 rings (SSSR count). The Hall–Kier alpha value is -12.5. The number of aromatic nitrogens is 4. The molecule has 0 saturated carbocycles. The summed E-state index contributed by atoms with van der Waals surface area (Å²) in [5.74, 6) is -2.16. The van der Waals surface area contributed by atoms with Gasteiger partial charge in [-0.15, -0.1) is 0 Å². The predicted molar refractivity (Wildman–Crippen MR) is 436 cm³/mol. The average Bonchev–Trinajstić information content (AvgIpc) is 0.829. The van der Waals surface area contributed by atoms with Gasteiger partial charge < -0.3 is 37.4 Å². The molecule has 0 saturated heterocycles. The number of aryl methyl sites for hydroxylation is 1. The van der Waals surface area contributed by atoms with E-state index in [0.717, 1.165) is 40.2 Å². The molecule has 562 valence electrons. The molecule has 12 aromatic rings. The highest BCUT2D eigenvalue weighted by Gasteiger charge is 2.25. The number of aliphatic hydroxyl groups excluding tert-OH is 1. The topological polar surface area (TPSA) is 316 Å². The van der Waals surface area contributed by atoms with E-state index >= 15 is 0 Å². The highest BCUT2D eigenvalue weighted by molar-refractivity contribution is 6.32. The summed E-state index contributed by atoms with van der Waals surface area (Å²) in [6, 6.07) is 71.0. The standard InChI is InChI=1S/C23H19Cl2N3O2.C21H17Cl2N5O.C21H17Cl2N3O2.C20H14FN3O/c24-19-7-5-15(6-8-19)22(21-10-9-20(25)14-27-21)28-23(30)17-3-4-18(13-26)16(12-17)2-1-11-29;22-16-5-1-14(2-6-16)20(19-10-7-17(23)11-26-19)28-21(29)15-3-8-18(9-4-15)27-13-25-12-24;1-13(27)25-18-9-4-15(5-10-18)21(28)26-20(14-2-6-16(22)7-3-14)19-11-8-17(23)12-24-19;21-17-12-15(9-10-16(17)13-22)20(25)24-19(14-6-2-1-3-7-14)18-8-4-5-11-23-18/h3-10,12,14,22,29H,1-2,11H2,(H,28,30);1-13,20H,(H,28,29)(H2,24,25,27);2-12,20H,1H3,(H,25,27)(H,26,28);1-12,19H,(H,24,25)/t22-;2*20-;/m000./s1. The van der Waals surface area contributed by atoms with Crippen LogP contribution >= 0.6 is 69.6 Å². The number of nitriles is 2. The molecule has 8 aromatic carbocycles. The Bertz CT molecular complexity index is 5130. The number of nitrogens with two attached hydrogens (primary N) is 1. The number of benzene rings is 8. The van der Waals surface area contributed by atoms with E-state index in [2.05, 4.69) is 62.6 Å². The number of amides is 5. The molecule has 0 aliphatic heterocycles. The number of pyridine rings is 4. The van der Waals surface area contributed by atoms with Crippen molar-refractivity contribution in [3.63, 3.8) is 0 Å². The van der Waals surface area contributed by atoms with E-state index in [1.54, 1.807) is 164 Å². The van der Waals surface area contributed by atoms with E-state index in [9.17, 15) is 33.6 Å². The van der Waals surface area contributed by atoms with Crippen LogP contribution in [0.15, 0.2) is 277 Å². The van der Waals surface area contributed by atoms with Crippen molar-refractivity contribution in [1.29, 1.82) is 10.5 Å². The molecule has 0 bridgehead atoms. The van der Waals surface area contributed by atoms with Crippen molar-refractivity contribution >= 4 is 123 Å². The van der Waals surface area contributed by atoms with Gasteiger partial charge in [0.1, 0.15) is 18.2 Å². The van der Waals surface area contributed by atoms with Crippen molar-refractivity contribution in [3.8, 4) is 12.1 Å². The van der Waals surface area contributed by atoms with Crippen molar-refractivity contribution < 1.29 is 33.5 Å². The molecule has 1 unspecified atom stereocenters. The van der Waals surface area contributed by atoms with Gasteiger partial charge in [-0.2, -0.15) is 10.5 Å². The summed E-state index contributed by atoms with van der Waals surface area (Å²) < 4.78 is 13.8. The second-order valence-corrected chi connectivity index (χ2v) is 26.7. The van der Waals surface area contributed by atoms with Crippen LogP contribution in [-0.4, -0.2) is 73.9 Å². The van der Waals surface area contributed by atoms with Gasteiger partial charge in [0, 0.05) is 81.3 Å². The lowest BCUT2D eigenvalue weighted by molar-refractivity contribution is -0.114. The number of nitrogens with zero attached hydrogens (tertiary/aromatic N) is 8. The second-order valence-electron chi connectivity index (χ2n) is 24.1. The van der Waals surface area contributed by atoms with Crippen LogP contribution in [0, 0.1) is 28.5 Å². The van der Waals surface area contributed by atoms with E-state index in [1.165, 1.54) is 37.8 Å². The maximum atomic E-state index is 13.8. The molecular weight excluding hydrogens is 1540 g/mol. The average molecular weight is 1610 g/mol. The van der Waals surface area contributed by atoms with Gasteiger partial charge in [-0.1, -0.05) is 142 Å². The normalized spacial score (nSPS) is 11.7. The first kappa shape index (κ1) is 83.5. The lowest BCUT2D eigenvalue weighted by atomic mass is 9.99. The SMILES string of the molecule is CC(=O)Nc1ccc(C(=O)N[C@@H](c2ccc(Cl)cc2)c2ccc(Cl)cn2)cc1.N#Cc1ccc(C(=O)NC(c2ccccc2)c2ccccn2)cc1F.N#Cc1ccc(C(=O)N[C@@H](c2ccc(Cl)cc2)c2ccc(Cl)cn2)cc1CCCO.NC=NC=Nc1ccc(C(=O)N[C@@H](c2ccc(Cl)cc2)c2ccc(Cl)cn2)cc1. The molecule has 0 radical (unpaired) electrons. The monoisotopic (exact) mass is 1610 g/mol. The van der Waals surface area contributed by atoms with Gasteiger partial charge >= 0.3 is 0 Å². The van der Waals surface area contributed by atoms with Gasteiger partial charge in [0.25, 0.3) is 23.6 Å². The fourth-order valence-electron chi connectivity index (χ4n) is 10.8. The van der Waals surface area contributed by atoms with Gasteiger partial charge in [-0.05, 0) is 211 Å². The molecule has 27 heteroatoms. The largest absolute Gasteiger partial charge is 0.396 e. The first-order valence-electron chi connectivity index (χ1n) is 34.1. The molecule has 0 aliphatic rings. The van der Waals surface area contributed by atoms with Crippen molar-refractivity contribution in [2.45, 2.75) is 43.9 Å². The number of anilines is 1. The van der Waals surface area contributed by atoms with Crippen LogP contribution in [0.4, 0.5) is 15.8 Å². The van der Waals surface area contributed by atoms with Gasteiger partial charge in [0.15, 0.2) is 0 Å². The second kappa shape index (κ2) is 42.4. The summed E-state index contributed by atoms with van der Waals surface area (Å²) in [4.78, 5) is 87.5.